The zero-order valence-corrected chi connectivity index (χ0v) is 8.65. The highest BCUT2D eigenvalue weighted by Gasteiger charge is 2.20. The maximum absolute atomic E-state index is 8.34. The first-order valence-corrected chi connectivity index (χ1v) is 3.84. The maximum Gasteiger partial charge on any atom is 0.0856 e. The first-order chi connectivity index (χ1) is 5.10. The van der Waals surface area contributed by atoms with Crippen LogP contribution >= 0.6 is 21.6 Å². The summed E-state index contributed by atoms with van der Waals surface area (Å²) in [6, 6.07) is 0. The van der Waals surface area contributed by atoms with Crippen molar-refractivity contribution < 1.29 is 20.4 Å². The molecule has 1 unspecified atom stereocenters. The van der Waals surface area contributed by atoms with E-state index in [2.05, 4.69) is 9.24 Å². The standard InChI is InChI=1S/C4H11NO3.CH5OP.ClH/c5-4(1-6,2-7)3-8;2-1-3;/h6-8H,1-3,5H2;2H,1,3H2;1H. The van der Waals surface area contributed by atoms with Crippen LogP contribution in [0, 0.1) is 0 Å². The maximum atomic E-state index is 8.34. The SMILES string of the molecule is Cl.NC(CO)(CO)CO.OCP. The molecule has 0 saturated carbocycles. The summed E-state index contributed by atoms with van der Waals surface area (Å²) in [7, 11) is 2.13. The van der Waals surface area contributed by atoms with Crippen LogP contribution in [0.15, 0.2) is 0 Å². The van der Waals surface area contributed by atoms with Crippen molar-refractivity contribution in [3.05, 3.63) is 0 Å². The quantitative estimate of drug-likeness (QED) is 0.351. The lowest BCUT2D eigenvalue weighted by Crippen LogP contribution is -2.50. The van der Waals surface area contributed by atoms with Gasteiger partial charge in [0.2, 0.25) is 0 Å². The first kappa shape index (κ1) is 18.3. The van der Waals surface area contributed by atoms with E-state index in [1.165, 1.54) is 0 Å². The van der Waals surface area contributed by atoms with Crippen LogP contribution in [0.4, 0.5) is 0 Å². The molecule has 0 aliphatic heterocycles. The van der Waals surface area contributed by atoms with Crippen LogP contribution in [0.1, 0.15) is 0 Å². The van der Waals surface area contributed by atoms with Crippen molar-refractivity contribution >= 4 is 21.6 Å². The summed E-state index contributed by atoms with van der Waals surface area (Å²) in [6.07, 6.45) is 0.167. The molecule has 0 amide bonds. The van der Waals surface area contributed by atoms with Gasteiger partial charge in [0.1, 0.15) is 0 Å². The van der Waals surface area contributed by atoms with E-state index in [0.29, 0.717) is 0 Å². The largest absolute Gasteiger partial charge is 0.394 e. The van der Waals surface area contributed by atoms with Crippen LogP contribution < -0.4 is 5.73 Å². The number of aliphatic hydroxyl groups excluding tert-OH is 4. The molecule has 0 spiro atoms. The molecule has 1 atom stereocenters. The Kier molecular flexibility index (Phi) is 17.6. The molecule has 0 aromatic rings. The Morgan fingerprint density at radius 3 is 1.17 bits per heavy atom. The summed E-state index contributed by atoms with van der Waals surface area (Å²) in [6.45, 7) is -1.21. The molecule has 0 bridgehead atoms. The second kappa shape index (κ2) is 11.5. The lowest BCUT2D eigenvalue weighted by Gasteiger charge is -2.20. The van der Waals surface area contributed by atoms with Crippen molar-refractivity contribution in [1.82, 2.24) is 0 Å². The fourth-order valence-electron chi connectivity index (χ4n) is 0.150. The van der Waals surface area contributed by atoms with Crippen LogP contribution in [0.3, 0.4) is 0 Å². The van der Waals surface area contributed by atoms with Crippen LogP contribution in [0.25, 0.3) is 0 Å². The van der Waals surface area contributed by atoms with E-state index in [1.807, 2.05) is 0 Å². The third-order valence-electron chi connectivity index (χ3n) is 0.945. The zero-order chi connectivity index (χ0) is 9.33. The molecule has 0 aromatic carbocycles. The van der Waals surface area contributed by atoms with E-state index in [4.69, 9.17) is 26.2 Å². The van der Waals surface area contributed by atoms with E-state index in [1.54, 1.807) is 0 Å². The van der Waals surface area contributed by atoms with Crippen LogP contribution in [-0.2, 0) is 0 Å². The highest BCUT2D eigenvalue weighted by molar-refractivity contribution is 7.16. The van der Waals surface area contributed by atoms with Gasteiger partial charge in [-0.15, -0.1) is 21.6 Å². The molecule has 0 heterocycles. The predicted octanol–water partition coefficient (Wildman–Crippen LogP) is -2.11. The van der Waals surface area contributed by atoms with Crippen LogP contribution in [0.5, 0.6) is 0 Å². The van der Waals surface area contributed by atoms with Crippen LogP contribution in [-0.4, -0.2) is 52.1 Å². The van der Waals surface area contributed by atoms with Gasteiger partial charge in [-0.05, 0) is 0 Å². The Balaban J connectivity index is -0.000000177. The summed E-state index contributed by atoms with van der Waals surface area (Å²) < 4.78 is 0. The van der Waals surface area contributed by atoms with Crippen molar-refractivity contribution in [3.8, 4) is 0 Å². The molecule has 0 fully saturated rings. The van der Waals surface area contributed by atoms with Crippen LogP contribution in [0.2, 0.25) is 0 Å². The smallest absolute Gasteiger partial charge is 0.0856 e. The van der Waals surface area contributed by atoms with Crippen molar-refractivity contribution in [2.24, 2.45) is 5.73 Å². The Labute approximate surface area is 80.2 Å². The summed E-state index contributed by atoms with van der Waals surface area (Å²) in [5, 5.41) is 32.6. The average molecular weight is 222 g/mol. The van der Waals surface area contributed by atoms with E-state index in [0.717, 1.165) is 0 Å². The zero-order valence-electron chi connectivity index (χ0n) is 6.68. The Hall–Kier alpha value is 0.520. The minimum atomic E-state index is -1.21. The van der Waals surface area contributed by atoms with E-state index in [9.17, 15) is 0 Å². The summed E-state index contributed by atoms with van der Waals surface area (Å²) in [4.78, 5) is 0. The van der Waals surface area contributed by atoms with Gasteiger partial charge in [-0.3, -0.25) is 0 Å². The topological polar surface area (TPSA) is 107 Å². The van der Waals surface area contributed by atoms with Crippen molar-refractivity contribution in [3.63, 3.8) is 0 Å². The highest BCUT2D eigenvalue weighted by Crippen LogP contribution is 1.93. The molecule has 0 aliphatic rings. The van der Waals surface area contributed by atoms with Gasteiger partial charge in [-0.2, -0.15) is 0 Å². The minimum Gasteiger partial charge on any atom is -0.394 e. The van der Waals surface area contributed by atoms with Crippen molar-refractivity contribution in [2.45, 2.75) is 5.54 Å². The molecule has 12 heavy (non-hydrogen) atoms. The number of halogens is 1. The van der Waals surface area contributed by atoms with Gasteiger partial charge >= 0.3 is 0 Å². The van der Waals surface area contributed by atoms with Crippen molar-refractivity contribution in [2.75, 3.05) is 26.2 Å². The number of nitrogens with two attached hydrogens (primary N) is 1. The summed E-state index contributed by atoms with van der Waals surface area (Å²) >= 11 is 0. The molecule has 5 nitrogen and oxygen atoms in total. The van der Waals surface area contributed by atoms with Gasteiger partial charge in [-0.1, -0.05) is 0 Å². The second-order valence-electron chi connectivity index (χ2n) is 2.02. The van der Waals surface area contributed by atoms with Gasteiger partial charge < -0.3 is 26.2 Å². The van der Waals surface area contributed by atoms with E-state index in [-0.39, 0.29) is 18.8 Å². The highest BCUT2D eigenvalue weighted by atomic mass is 35.5. The van der Waals surface area contributed by atoms with Gasteiger partial charge in [-0.25, -0.2) is 0 Å². The molecular weight excluding hydrogens is 204 g/mol. The molecule has 7 heteroatoms. The number of rotatable bonds is 3. The lowest BCUT2D eigenvalue weighted by atomic mass is 10.1. The molecule has 0 saturated heterocycles. The fourth-order valence-corrected chi connectivity index (χ4v) is 0.150. The Bertz CT molecular complexity index is 75.6. The third-order valence-corrected chi connectivity index (χ3v) is 0.945. The summed E-state index contributed by atoms with van der Waals surface area (Å²) in [5.41, 5.74) is 3.94. The second-order valence-corrected chi connectivity index (χ2v) is 2.38. The average Bonchev–Trinajstić information content (AvgIpc) is 2.05. The Morgan fingerprint density at radius 1 is 1.00 bits per heavy atom. The molecule has 78 valence electrons. The van der Waals surface area contributed by atoms with Gasteiger partial charge in [0.15, 0.2) is 0 Å². The molecular formula is C5H17ClNO4P. The number of hydrogen-bond acceptors (Lipinski definition) is 5. The molecule has 0 radical (unpaired) electrons. The number of hydrogen-bond donors (Lipinski definition) is 5. The molecule has 0 aromatic heterocycles. The van der Waals surface area contributed by atoms with E-state index < -0.39 is 25.4 Å². The third kappa shape index (κ3) is 10.5. The van der Waals surface area contributed by atoms with Gasteiger partial charge in [0, 0.05) is 0 Å². The molecule has 6 N–H and O–H groups in total. The van der Waals surface area contributed by atoms with Crippen molar-refractivity contribution in [1.29, 1.82) is 0 Å². The monoisotopic (exact) mass is 221 g/mol. The fraction of sp³-hybridized carbons (Fsp3) is 1.00. The lowest BCUT2D eigenvalue weighted by molar-refractivity contribution is 0.0698. The molecule has 0 aliphatic carbocycles. The minimum absolute atomic E-state index is 0. The normalized spacial score (nSPS) is 9.50. The number of aliphatic hydroxyl groups is 4. The Morgan fingerprint density at radius 2 is 1.17 bits per heavy atom. The van der Waals surface area contributed by atoms with E-state index >= 15 is 0 Å². The van der Waals surface area contributed by atoms with Gasteiger partial charge in [0.25, 0.3) is 0 Å². The molecule has 0 rings (SSSR count). The summed E-state index contributed by atoms with van der Waals surface area (Å²) in [5.74, 6) is 0. The first-order valence-electron chi connectivity index (χ1n) is 3.02. The van der Waals surface area contributed by atoms with Gasteiger partial charge in [0.05, 0.1) is 31.7 Å². The predicted molar refractivity (Wildman–Crippen MR) is 52.2 cm³/mol.